The van der Waals surface area contributed by atoms with Crippen LogP contribution in [-0.2, 0) is 0 Å². The molecule has 0 spiro atoms. The van der Waals surface area contributed by atoms with Gasteiger partial charge in [0.05, 0.1) is 5.69 Å². The number of thioether (sulfide) groups is 1. The van der Waals surface area contributed by atoms with Gasteiger partial charge in [-0.2, -0.15) is 0 Å². The van der Waals surface area contributed by atoms with E-state index in [1.54, 1.807) is 17.8 Å². The van der Waals surface area contributed by atoms with Crippen LogP contribution in [0.5, 0.6) is 0 Å². The second kappa shape index (κ2) is 8.27. The van der Waals surface area contributed by atoms with Gasteiger partial charge in [0.2, 0.25) is 0 Å². The van der Waals surface area contributed by atoms with Gasteiger partial charge in [-0.15, -0.1) is 11.8 Å². The number of hydrogen-bond donors (Lipinski definition) is 1. The van der Waals surface area contributed by atoms with Crippen LogP contribution in [0.3, 0.4) is 0 Å². The third-order valence-electron chi connectivity index (χ3n) is 2.82. The number of benzene rings is 1. The molecule has 0 fully saturated rings. The second-order valence-electron chi connectivity index (χ2n) is 4.16. The predicted molar refractivity (Wildman–Crippen MR) is 78.5 cm³/mol. The first-order valence-electron chi connectivity index (χ1n) is 6.33. The van der Waals surface area contributed by atoms with Crippen LogP contribution >= 0.6 is 11.8 Å². The van der Waals surface area contributed by atoms with Gasteiger partial charge in [0, 0.05) is 16.8 Å². The van der Waals surface area contributed by atoms with Gasteiger partial charge in [-0.05, 0) is 37.8 Å². The lowest BCUT2D eigenvalue weighted by Crippen LogP contribution is -2.27. The van der Waals surface area contributed by atoms with Crippen LogP contribution in [0.2, 0.25) is 0 Å². The monoisotopic (exact) mass is 268 g/mol. The molecule has 1 atom stereocenters. The van der Waals surface area contributed by atoms with E-state index in [2.05, 4.69) is 30.9 Å². The molecule has 0 aliphatic carbocycles. The van der Waals surface area contributed by atoms with Crippen molar-refractivity contribution in [2.24, 2.45) is 4.99 Å². The molecule has 18 heavy (non-hydrogen) atoms. The zero-order valence-corrected chi connectivity index (χ0v) is 11.9. The number of aliphatic imine (C=N–C) groups is 1. The summed E-state index contributed by atoms with van der Waals surface area (Å²) in [6.45, 7) is 7.87. The van der Waals surface area contributed by atoms with E-state index in [1.807, 2.05) is 0 Å². The van der Waals surface area contributed by atoms with E-state index in [-0.39, 0.29) is 5.82 Å². The zero-order chi connectivity index (χ0) is 13.4. The lowest BCUT2D eigenvalue weighted by atomic mass is 10.1. The standard InChI is InChI=1S/C14H21FN2S/c1-4-6-12(5-2)17-10-18-14-9-11(15)7-8-13(14)16-3/h7-9,12,17H,3-6,10H2,1-2H3. The molecule has 0 aromatic heterocycles. The van der Waals surface area contributed by atoms with E-state index < -0.39 is 0 Å². The molecule has 0 aliphatic heterocycles. The Morgan fingerprint density at radius 3 is 2.83 bits per heavy atom. The minimum absolute atomic E-state index is 0.231. The maximum absolute atomic E-state index is 13.2. The van der Waals surface area contributed by atoms with E-state index >= 15 is 0 Å². The van der Waals surface area contributed by atoms with Crippen LogP contribution in [0.1, 0.15) is 33.1 Å². The third-order valence-corrected chi connectivity index (χ3v) is 3.77. The molecule has 2 nitrogen and oxygen atoms in total. The summed E-state index contributed by atoms with van der Waals surface area (Å²) in [5.74, 6) is 0.537. The molecule has 4 heteroatoms. The molecule has 1 unspecified atom stereocenters. The number of halogens is 1. The Balaban J connectivity index is 2.52. The van der Waals surface area contributed by atoms with Gasteiger partial charge in [-0.25, -0.2) is 4.39 Å². The van der Waals surface area contributed by atoms with Crippen molar-refractivity contribution in [3.63, 3.8) is 0 Å². The fourth-order valence-corrected chi connectivity index (χ4v) is 2.72. The van der Waals surface area contributed by atoms with Gasteiger partial charge in [0.15, 0.2) is 0 Å². The summed E-state index contributed by atoms with van der Waals surface area (Å²) in [7, 11) is 0. The number of nitrogens with one attached hydrogen (secondary N) is 1. The van der Waals surface area contributed by atoms with Crippen LogP contribution < -0.4 is 5.32 Å². The zero-order valence-electron chi connectivity index (χ0n) is 11.1. The summed E-state index contributed by atoms with van der Waals surface area (Å²) in [4.78, 5) is 4.74. The SMILES string of the molecule is C=Nc1ccc(F)cc1SCNC(CC)CCC. The highest BCUT2D eigenvalue weighted by atomic mass is 32.2. The summed E-state index contributed by atoms with van der Waals surface area (Å²) in [6.07, 6.45) is 3.46. The maximum atomic E-state index is 13.2. The van der Waals surface area contributed by atoms with Gasteiger partial charge in [-0.1, -0.05) is 20.3 Å². The highest BCUT2D eigenvalue weighted by Crippen LogP contribution is 2.29. The molecule has 0 bridgehead atoms. The van der Waals surface area contributed by atoms with Crippen LogP contribution in [0.15, 0.2) is 28.1 Å². The van der Waals surface area contributed by atoms with Crippen LogP contribution in [-0.4, -0.2) is 18.6 Å². The first-order valence-corrected chi connectivity index (χ1v) is 7.32. The van der Waals surface area contributed by atoms with Crippen molar-refractivity contribution in [3.8, 4) is 0 Å². The molecular formula is C14H21FN2S. The van der Waals surface area contributed by atoms with E-state index in [4.69, 9.17) is 0 Å². The van der Waals surface area contributed by atoms with Crippen molar-refractivity contribution in [2.75, 3.05) is 5.88 Å². The van der Waals surface area contributed by atoms with Crippen molar-refractivity contribution in [1.82, 2.24) is 5.32 Å². The fraction of sp³-hybridized carbons (Fsp3) is 0.500. The van der Waals surface area contributed by atoms with E-state index in [0.29, 0.717) is 6.04 Å². The second-order valence-corrected chi connectivity index (χ2v) is 5.17. The van der Waals surface area contributed by atoms with Gasteiger partial charge >= 0.3 is 0 Å². The molecule has 1 aromatic rings. The number of rotatable bonds is 8. The normalized spacial score (nSPS) is 12.4. The summed E-state index contributed by atoms with van der Waals surface area (Å²) >= 11 is 1.57. The molecule has 1 N–H and O–H groups in total. The molecule has 0 aliphatic rings. The van der Waals surface area contributed by atoms with Crippen molar-refractivity contribution in [3.05, 3.63) is 24.0 Å². The average Bonchev–Trinajstić information content (AvgIpc) is 2.38. The van der Waals surface area contributed by atoms with Crippen molar-refractivity contribution in [1.29, 1.82) is 0 Å². The van der Waals surface area contributed by atoms with Gasteiger partial charge < -0.3 is 5.32 Å². The van der Waals surface area contributed by atoms with Crippen molar-refractivity contribution < 1.29 is 4.39 Å². The lowest BCUT2D eigenvalue weighted by Gasteiger charge is -2.15. The molecule has 1 aromatic carbocycles. The Morgan fingerprint density at radius 2 is 2.22 bits per heavy atom. The van der Waals surface area contributed by atoms with Crippen LogP contribution in [0.25, 0.3) is 0 Å². The van der Waals surface area contributed by atoms with Crippen molar-refractivity contribution >= 4 is 24.2 Å². The Hall–Kier alpha value is -0.870. The number of hydrogen-bond acceptors (Lipinski definition) is 3. The van der Waals surface area contributed by atoms with Gasteiger partial charge in [-0.3, -0.25) is 4.99 Å². The van der Waals surface area contributed by atoms with Gasteiger partial charge in [0.25, 0.3) is 0 Å². The molecule has 0 saturated heterocycles. The molecule has 0 amide bonds. The quantitative estimate of drug-likeness (QED) is 0.430. The summed E-state index contributed by atoms with van der Waals surface area (Å²) < 4.78 is 13.2. The lowest BCUT2D eigenvalue weighted by molar-refractivity contribution is 0.496. The largest absolute Gasteiger partial charge is 0.305 e. The Morgan fingerprint density at radius 1 is 1.44 bits per heavy atom. The maximum Gasteiger partial charge on any atom is 0.124 e. The molecule has 0 saturated carbocycles. The topological polar surface area (TPSA) is 24.4 Å². The Kier molecular flexibility index (Phi) is 6.98. The van der Waals surface area contributed by atoms with E-state index in [1.165, 1.54) is 25.0 Å². The summed E-state index contributed by atoms with van der Waals surface area (Å²) in [5.41, 5.74) is 0.742. The summed E-state index contributed by atoms with van der Waals surface area (Å²) in [6, 6.07) is 5.12. The average molecular weight is 268 g/mol. The fourth-order valence-electron chi connectivity index (χ4n) is 1.77. The molecule has 0 heterocycles. The van der Waals surface area contributed by atoms with Crippen molar-refractivity contribution in [2.45, 2.75) is 44.0 Å². The minimum Gasteiger partial charge on any atom is -0.305 e. The molecule has 100 valence electrons. The molecular weight excluding hydrogens is 247 g/mol. The Bertz CT molecular complexity index is 382. The highest BCUT2D eigenvalue weighted by Gasteiger charge is 2.06. The minimum atomic E-state index is -0.231. The smallest absolute Gasteiger partial charge is 0.124 e. The van der Waals surface area contributed by atoms with Crippen LogP contribution in [0, 0.1) is 5.82 Å². The van der Waals surface area contributed by atoms with E-state index in [9.17, 15) is 4.39 Å². The first-order chi connectivity index (χ1) is 8.71. The molecule has 1 rings (SSSR count). The molecule has 0 radical (unpaired) electrons. The van der Waals surface area contributed by atoms with E-state index in [0.717, 1.165) is 22.9 Å². The van der Waals surface area contributed by atoms with Crippen LogP contribution in [0.4, 0.5) is 10.1 Å². The van der Waals surface area contributed by atoms with Gasteiger partial charge in [0.1, 0.15) is 5.82 Å². The summed E-state index contributed by atoms with van der Waals surface area (Å²) in [5, 5.41) is 3.47. The predicted octanol–water partition coefficient (Wildman–Crippen LogP) is 4.38. The first kappa shape index (κ1) is 15.2. The highest BCUT2D eigenvalue weighted by molar-refractivity contribution is 7.99. The third kappa shape index (κ3) is 4.78. The number of nitrogens with zero attached hydrogens (tertiary/aromatic N) is 1. The Labute approximate surface area is 113 Å².